The number of nitrogens with two attached hydrogens (primary N) is 1. The smallest absolute Gasteiger partial charge is 0.124 e. The predicted octanol–water partition coefficient (Wildman–Crippen LogP) is 3.13. The second-order valence-corrected chi connectivity index (χ2v) is 3.84. The Morgan fingerprint density at radius 1 is 1.38 bits per heavy atom. The maximum absolute atomic E-state index is 12.7. The Kier molecular flexibility index (Phi) is 3.28. The molecule has 0 saturated carbocycles. The van der Waals surface area contributed by atoms with Crippen molar-refractivity contribution in [1.29, 1.82) is 0 Å². The third kappa shape index (κ3) is 2.42. The minimum Gasteiger partial charge on any atom is -0.324 e. The molecule has 0 bridgehead atoms. The van der Waals surface area contributed by atoms with Crippen LogP contribution in [0, 0.1) is 11.7 Å². The summed E-state index contributed by atoms with van der Waals surface area (Å²) >= 11 is 5.85. The Hall–Kier alpha value is -0.600. The SMILES string of the molecule is CC(C)[C@@H](N)c1ccc(F)cc1Cl. The van der Waals surface area contributed by atoms with E-state index in [0.29, 0.717) is 10.9 Å². The highest BCUT2D eigenvalue weighted by atomic mass is 35.5. The molecule has 0 amide bonds. The zero-order chi connectivity index (χ0) is 10.0. The van der Waals surface area contributed by atoms with Crippen LogP contribution in [0.5, 0.6) is 0 Å². The molecule has 1 aromatic rings. The standard InChI is InChI=1S/C10H13ClFN/c1-6(2)10(13)8-4-3-7(12)5-9(8)11/h3-6,10H,13H2,1-2H3/t10-/m1/s1. The summed E-state index contributed by atoms with van der Waals surface area (Å²) in [6.45, 7) is 4.01. The molecule has 0 unspecified atom stereocenters. The molecule has 1 atom stereocenters. The van der Waals surface area contributed by atoms with Gasteiger partial charge in [-0.3, -0.25) is 0 Å². The van der Waals surface area contributed by atoms with Gasteiger partial charge in [-0.05, 0) is 23.6 Å². The van der Waals surface area contributed by atoms with Gasteiger partial charge in [-0.1, -0.05) is 31.5 Å². The molecule has 1 rings (SSSR count). The first-order chi connectivity index (χ1) is 6.02. The molecule has 0 aliphatic rings. The fraction of sp³-hybridized carbons (Fsp3) is 0.400. The average Bonchev–Trinajstić information content (AvgIpc) is 2.03. The maximum Gasteiger partial charge on any atom is 0.124 e. The van der Waals surface area contributed by atoms with Crippen LogP contribution in [-0.4, -0.2) is 0 Å². The Morgan fingerprint density at radius 2 is 2.00 bits per heavy atom. The molecular weight excluding hydrogens is 189 g/mol. The molecule has 0 aliphatic carbocycles. The number of halogens is 2. The largest absolute Gasteiger partial charge is 0.324 e. The van der Waals surface area contributed by atoms with Gasteiger partial charge in [0.05, 0.1) is 0 Å². The van der Waals surface area contributed by atoms with Crippen molar-refractivity contribution in [2.45, 2.75) is 19.9 Å². The summed E-state index contributed by atoms with van der Waals surface area (Å²) in [5, 5.41) is 0.404. The van der Waals surface area contributed by atoms with Gasteiger partial charge >= 0.3 is 0 Å². The fourth-order valence-corrected chi connectivity index (χ4v) is 1.42. The molecule has 2 N–H and O–H groups in total. The van der Waals surface area contributed by atoms with Gasteiger partial charge in [0, 0.05) is 11.1 Å². The quantitative estimate of drug-likeness (QED) is 0.782. The van der Waals surface area contributed by atoms with E-state index in [2.05, 4.69) is 0 Å². The molecule has 1 nitrogen and oxygen atoms in total. The van der Waals surface area contributed by atoms with Crippen molar-refractivity contribution in [3.63, 3.8) is 0 Å². The summed E-state index contributed by atoms with van der Waals surface area (Å²) in [6, 6.07) is 4.18. The molecule has 0 aromatic heterocycles. The van der Waals surface area contributed by atoms with E-state index in [0.717, 1.165) is 5.56 Å². The van der Waals surface area contributed by atoms with Crippen LogP contribution in [0.15, 0.2) is 18.2 Å². The van der Waals surface area contributed by atoms with Crippen molar-refractivity contribution in [1.82, 2.24) is 0 Å². The third-order valence-corrected chi connectivity index (χ3v) is 2.37. The molecule has 0 spiro atoms. The molecule has 1 aromatic carbocycles. The first-order valence-corrected chi connectivity index (χ1v) is 4.60. The van der Waals surface area contributed by atoms with Gasteiger partial charge in [0.1, 0.15) is 5.82 Å². The Morgan fingerprint density at radius 3 is 2.46 bits per heavy atom. The van der Waals surface area contributed by atoms with Crippen LogP contribution in [0.4, 0.5) is 4.39 Å². The van der Waals surface area contributed by atoms with E-state index in [4.69, 9.17) is 17.3 Å². The summed E-state index contributed by atoms with van der Waals surface area (Å²) in [5.41, 5.74) is 6.69. The first kappa shape index (κ1) is 10.5. The van der Waals surface area contributed by atoms with Gasteiger partial charge in [-0.25, -0.2) is 4.39 Å². The van der Waals surface area contributed by atoms with E-state index in [-0.39, 0.29) is 11.9 Å². The van der Waals surface area contributed by atoms with Gasteiger partial charge in [0.2, 0.25) is 0 Å². The first-order valence-electron chi connectivity index (χ1n) is 4.23. The Bertz CT molecular complexity index is 299. The zero-order valence-corrected chi connectivity index (χ0v) is 8.48. The van der Waals surface area contributed by atoms with Crippen LogP contribution < -0.4 is 5.73 Å². The Labute approximate surface area is 82.7 Å². The summed E-state index contributed by atoms with van der Waals surface area (Å²) in [7, 11) is 0. The molecule has 0 radical (unpaired) electrons. The second kappa shape index (κ2) is 4.07. The molecular formula is C10H13ClFN. The summed E-state index contributed by atoms with van der Waals surface area (Å²) in [6.07, 6.45) is 0. The number of hydrogen-bond donors (Lipinski definition) is 1. The number of hydrogen-bond acceptors (Lipinski definition) is 1. The second-order valence-electron chi connectivity index (χ2n) is 3.44. The predicted molar refractivity (Wildman–Crippen MR) is 53.2 cm³/mol. The third-order valence-electron chi connectivity index (χ3n) is 2.04. The molecule has 0 saturated heterocycles. The van der Waals surface area contributed by atoms with Gasteiger partial charge in [0.15, 0.2) is 0 Å². The minimum absolute atomic E-state index is 0.131. The zero-order valence-electron chi connectivity index (χ0n) is 7.72. The molecule has 0 fully saturated rings. The molecule has 72 valence electrons. The number of benzene rings is 1. The highest BCUT2D eigenvalue weighted by Crippen LogP contribution is 2.26. The van der Waals surface area contributed by atoms with Crippen LogP contribution in [-0.2, 0) is 0 Å². The normalized spacial score (nSPS) is 13.4. The fourth-order valence-electron chi connectivity index (χ4n) is 1.13. The summed E-state index contributed by atoms with van der Waals surface area (Å²) in [4.78, 5) is 0. The van der Waals surface area contributed by atoms with E-state index in [1.165, 1.54) is 12.1 Å². The van der Waals surface area contributed by atoms with Crippen LogP contribution in [0.3, 0.4) is 0 Å². The van der Waals surface area contributed by atoms with Crippen LogP contribution in [0.1, 0.15) is 25.5 Å². The van der Waals surface area contributed by atoms with Crippen molar-refractivity contribution in [3.05, 3.63) is 34.6 Å². The summed E-state index contributed by atoms with van der Waals surface area (Å²) in [5.74, 6) is -0.0346. The lowest BCUT2D eigenvalue weighted by Crippen LogP contribution is -2.17. The van der Waals surface area contributed by atoms with E-state index < -0.39 is 0 Å². The summed E-state index contributed by atoms with van der Waals surface area (Å²) < 4.78 is 12.7. The lowest BCUT2D eigenvalue weighted by atomic mass is 9.97. The minimum atomic E-state index is -0.329. The van der Waals surface area contributed by atoms with Crippen LogP contribution >= 0.6 is 11.6 Å². The topological polar surface area (TPSA) is 26.0 Å². The highest BCUT2D eigenvalue weighted by Gasteiger charge is 2.13. The van der Waals surface area contributed by atoms with Crippen LogP contribution in [0.25, 0.3) is 0 Å². The lowest BCUT2D eigenvalue weighted by molar-refractivity contribution is 0.513. The van der Waals surface area contributed by atoms with Gasteiger partial charge in [-0.15, -0.1) is 0 Å². The van der Waals surface area contributed by atoms with Gasteiger partial charge < -0.3 is 5.73 Å². The van der Waals surface area contributed by atoms with E-state index in [1.807, 2.05) is 13.8 Å². The van der Waals surface area contributed by atoms with Gasteiger partial charge in [0.25, 0.3) is 0 Å². The van der Waals surface area contributed by atoms with E-state index in [9.17, 15) is 4.39 Å². The maximum atomic E-state index is 12.7. The monoisotopic (exact) mass is 201 g/mol. The highest BCUT2D eigenvalue weighted by molar-refractivity contribution is 6.31. The van der Waals surface area contributed by atoms with Crippen molar-refractivity contribution in [3.8, 4) is 0 Å². The van der Waals surface area contributed by atoms with E-state index in [1.54, 1.807) is 6.07 Å². The van der Waals surface area contributed by atoms with Crippen molar-refractivity contribution < 1.29 is 4.39 Å². The van der Waals surface area contributed by atoms with Crippen molar-refractivity contribution >= 4 is 11.6 Å². The van der Waals surface area contributed by atoms with Crippen molar-refractivity contribution in [2.75, 3.05) is 0 Å². The van der Waals surface area contributed by atoms with Crippen molar-refractivity contribution in [2.24, 2.45) is 11.7 Å². The molecule has 13 heavy (non-hydrogen) atoms. The average molecular weight is 202 g/mol. The molecule has 0 aliphatic heterocycles. The van der Waals surface area contributed by atoms with E-state index >= 15 is 0 Å². The lowest BCUT2D eigenvalue weighted by Gasteiger charge is -2.17. The molecule has 3 heteroatoms. The molecule has 0 heterocycles. The van der Waals surface area contributed by atoms with Gasteiger partial charge in [-0.2, -0.15) is 0 Å². The Balaban J connectivity index is 3.01. The van der Waals surface area contributed by atoms with Crippen LogP contribution in [0.2, 0.25) is 5.02 Å². The number of rotatable bonds is 2.